The van der Waals surface area contributed by atoms with Gasteiger partial charge in [0, 0.05) is 5.69 Å². The summed E-state index contributed by atoms with van der Waals surface area (Å²) < 4.78 is 0. The minimum atomic E-state index is -1.03. The number of nitrogens with one attached hydrogen (secondary N) is 2. The standard InChI is InChI=1S/C23H28N4O3/c1-5-16-10-6-7-11-17(16)24-20(28)14-26(4)15-21(29)27-19-13-9-8-12-18(19)25-22(30)23(27,2)3/h6-13H,5,14-15H2,1-4H3,(H,24,28)(H,25,30). The second-order valence-electron chi connectivity index (χ2n) is 7.99. The Morgan fingerprint density at radius 2 is 1.73 bits per heavy atom. The first-order valence-electron chi connectivity index (χ1n) is 10.0. The Kier molecular flexibility index (Phi) is 6.22. The zero-order chi connectivity index (χ0) is 21.9. The molecule has 3 amide bonds. The van der Waals surface area contributed by atoms with Gasteiger partial charge in [0.1, 0.15) is 5.54 Å². The molecule has 0 aliphatic carbocycles. The number of anilines is 3. The van der Waals surface area contributed by atoms with Crippen LogP contribution in [0.1, 0.15) is 26.3 Å². The highest BCUT2D eigenvalue weighted by Gasteiger charge is 2.43. The van der Waals surface area contributed by atoms with Gasteiger partial charge in [-0.25, -0.2) is 0 Å². The Balaban J connectivity index is 1.69. The average molecular weight is 409 g/mol. The van der Waals surface area contributed by atoms with Gasteiger partial charge in [-0.3, -0.25) is 24.2 Å². The van der Waals surface area contributed by atoms with Crippen LogP contribution < -0.4 is 15.5 Å². The number of carbonyl (C=O) groups excluding carboxylic acids is 3. The molecule has 2 N–H and O–H groups in total. The van der Waals surface area contributed by atoms with E-state index in [-0.39, 0.29) is 30.8 Å². The maximum absolute atomic E-state index is 13.1. The Bertz CT molecular complexity index is 970. The molecule has 0 saturated heterocycles. The van der Waals surface area contributed by atoms with Crippen LogP contribution in [0.25, 0.3) is 0 Å². The minimum absolute atomic E-state index is 0.00783. The van der Waals surface area contributed by atoms with E-state index in [0.29, 0.717) is 11.4 Å². The molecule has 0 saturated carbocycles. The van der Waals surface area contributed by atoms with Gasteiger partial charge < -0.3 is 10.6 Å². The van der Waals surface area contributed by atoms with Crippen molar-refractivity contribution in [3.63, 3.8) is 0 Å². The molecule has 7 nitrogen and oxygen atoms in total. The summed E-state index contributed by atoms with van der Waals surface area (Å²) in [4.78, 5) is 41.3. The number of para-hydroxylation sites is 3. The molecule has 0 spiro atoms. The van der Waals surface area contributed by atoms with Gasteiger partial charge in [0.25, 0.3) is 0 Å². The number of likely N-dealkylation sites (N-methyl/N-ethyl adjacent to an activating group) is 1. The van der Waals surface area contributed by atoms with Gasteiger partial charge in [0.05, 0.1) is 24.5 Å². The lowest BCUT2D eigenvalue weighted by atomic mass is 9.96. The summed E-state index contributed by atoms with van der Waals surface area (Å²) >= 11 is 0. The van der Waals surface area contributed by atoms with E-state index in [0.717, 1.165) is 17.7 Å². The first kappa shape index (κ1) is 21.5. The molecule has 0 radical (unpaired) electrons. The third-order valence-corrected chi connectivity index (χ3v) is 5.25. The van der Waals surface area contributed by atoms with Gasteiger partial charge in [0.15, 0.2) is 0 Å². The van der Waals surface area contributed by atoms with E-state index in [9.17, 15) is 14.4 Å². The number of hydrogen-bond donors (Lipinski definition) is 2. The molecule has 1 aliphatic rings. The summed E-state index contributed by atoms with van der Waals surface area (Å²) in [7, 11) is 1.71. The summed E-state index contributed by atoms with van der Waals surface area (Å²) in [5.41, 5.74) is 2.07. The summed E-state index contributed by atoms with van der Waals surface area (Å²) in [5.74, 6) is -0.681. The number of rotatable bonds is 6. The fraction of sp³-hybridized carbons (Fsp3) is 0.348. The van der Waals surface area contributed by atoms with Crippen LogP contribution in [0, 0.1) is 0 Å². The number of nitrogens with zero attached hydrogens (tertiary/aromatic N) is 2. The van der Waals surface area contributed by atoms with Gasteiger partial charge in [-0.1, -0.05) is 37.3 Å². The molecule has 0 unspecified atom stereocenters. The van der Waals surface area contributed by atoms with Crippen molar-refractivity contribution in [2.75, 3.05) is 35.7 Å². The predicted octanol–water partition coefficient (Wildman–Crippen LogP) is 2.88. The number of amides is 3. The molecule has 2 aromatic rings. The number of carbonyl (C=O) groups is 3. The van der Waals surface area contributed by atoms with E-state index >= 15 is 0 Å². The minimum Gasteiger partial charge on any atom is -0.325 e. The summed E-state index contributed by atoms with van der Waals surface area (Å²) in [6.07, 6.45) is 0.816. The van der Waals surface area contributed by atoms with Crippen LogP contribution in [0.5, 0.6) is 0 Å². The van der Waals surface area contributed by atoms with Gasteiger partial charge in [-0.05, 0) is 51.1 Å². The van der Waals surface area contributed by atoms with Crippen LogP contribution in [-0.2, 0) is 20.8 Å². The average Bonchev–Trinajstić information content (AvgIpc) is 2.68. The lowest BCUT2D eigenvalue weighted by Gasteiger charge is -2.42. The van der Waals surface area contributed by atoms with Crippen LogP contribution in [0.3, 0.4) is 0 Å². The van der Waals surface area contributed by atoms with Crippen molar-refractivity contribution in [2.45, 2.75) is 32.7 Å². The molecule has 0 bridgehead atoms. The third-order valence-electron chi connectivity index (χ3n) is 5.25. The molecule has 0 atom stereocenters. The third kappa shape index (κ3) is 4.36. The number of benzene rings is 2. The van der Waals surface area contributed by atoms with E-state index in [1.54, 1.807) is 31.9 Å². The topological polar surface area (TPSA) is 81.8 Å². The van der Waals surface area contributed by atoms with E-state index in [1.807, 2.05) is 49.4 Å². The largest absolute Gasteiger partial charge is 0.325 e. The first-order valence-corrected chi connectivity index (χ1v) is 10.0. The van der Waals surface area contributed by atoms with Crippen molar-refractivity contribution < 1.29 is 14.4 Å². The Morgan fingerprint density at radius 3 is 2.47 bits per heavy atom. The Labute approximate surface area is 177 Å². The number of hydrogen-bond acceptors (Lipinski definition) is 4. The molecule has 158 valence electrons. The van der Waals surface area contributed by atoms with Gasteiger partial charge in [0.2, 0.25) is 17.7 Å². The highest BCUT2D eigenvalue weighted by molar-refractivity contribution is 6.14. The smallest absolute Gasteiger partial charge is 0.250 e. The Morgan fingerprint density at radius 1 is 1.07 bits per heavy atom. The van der Waals surface area contributed by atoms with Crippen molar-refractivity contribution in [2.24, 2.45) is 0 Å². The summed E-state index contributed by atoms with van der Waals surface area (Å²) in [6.45, 7) is 5.53. The van der Waals surface area contributed by atoms with Crippen molar-refractivity contribution in [3.05, 3.63) is 54.1 Å². The van der Waals surface area contributed by atoms with Crippen LogP contribution >= 0.6 is 0 Å². The van der Waals surface area contributed by atoms with Crippen LogP contribution in [0.15, 0.2) is 48.5 Å². The maximum atomic E-state index is 13.1. The normalized spacial score (nSPS) is 14.8. The van der Waals surface area contributed by atoms with Crippen molar-refractivity contribution in [1.82, 2.24) is 4.90 Å². The fourth-order valence-corrected chi connectivity index (χ4v) is 3.64. The molecule has 1 aliphatic heterocycles. The van der Waals surface area contributed by atoms with Gasteiger partial charge in [-0.2, -0.15) is 0 Å². The predicted molar refractivity (Wildman–Crippen MR) is 119 cm³/mol. The molecule has 2 aromatic carbocycles. The molecule has 3 rings (SSSR count). The zero-order valence-corrected chi connectivity index (χ0v) is 17.9. The second kappa shape index (κ2) is 8.67. The van der Waals surface area contributed by atoms with E-state index in [1.165, 1.54) is 4.90 Å². The fourth-order valence-electron chi connectivity index (χ4n) is 3.64. The van der Waals surface area contributed by atoms with E-state index in [2.05, 4.69) is 10.6 Å². The highest BCUT2D eigenvalue weighted by atomic mass is 16.2. The highest BCUT2D eigenvalue weighted by Crippen LogP contribution is 2.36. The van der Waals surface area contributed by atoms with E-state index in [4.69, 9.17) is 0 Å². The molecule has 7 heteroatoms. The molecular weight excluding hydrogens is 380 g/mol. The van der Waals surface area contributed by atoms with Crippen LogP contribution in [0.4, 0.5) is 17.1 Å². The SMILES string of the molecule is CCc1ccccc1NC(=O)CN(C)CC(=O)N1c2ccccc2NC(=O)C1(C)C. The van der Waals surface area contributed by atoms with Crippen LogP contribution in [-0.4, -0.2) is 48.3 Å². The first-order chi connectivity index (χ1) is 14.2. The summed E-state index contributed by atoms with van der Waals surface area (Å²) in [5, 5.41) is 5.76. The summed E-state index contributed by atoms with van der Waals surface area (Å²) in [6, 6.07) is 14.9. The van der Waals surface area contributed by atoms with Crippen LogP contribution in [0.2, 0.25) is 0 Å². The molecular formula is C23H28N4O3. The molecule has 30 heavy (non-hydrogen) atoms. The monoisotopic (exact) mass is 408 g/mol. The quantitative estimate of drug-likeness (QED) is 0.770. The molecule has 0 fully saturated rings. The lowest BCUT2D eigenvalue weighted by molar-refractivity contribution is -0.127. The number of fused-ring (bicyclic) bond motifs is 1. The maximum Gasteiger partial charge on any atom is 0.250 e. The second-order valence-corrected chi connectivity index (χ2v) is 7.99. The van der Waals surface area contributed by atoms with Crippen molar-refractivity contribution in [1.29, 1.82) is 0 Å². The van der Waals surface area contributed by atoms with Gasteiger partial charge >= 0.3 is 0 Å². The zero-order valence-electron chi connectivity index (χ0n) is 17.9. The van der Waals surface area contributed by atoms with Gasteiger partial charge in [-0.15, -0.1) is 0 Å². The molecule has 0 aromatic heterocycles. The molecule has 1 heterocycles. The Hall–Kier alpha value is -3.19. The lowest BCUT2D eigenvalue weighted by Crippen LogP contribution is -2.60. The van der Waals surface area contributed by atoms with Crippen molar-refractivity contribution in [3.8, 4) is 0 Å². The van der Waals surface area contributed by atoms with E-state index < -0.39 is 5.54 Å². The number of aryl methyl sites for hydroxylation is 1. The van der Waals surface area contributed by atoms with Crippen molar-refractivity contribution >= 4 is 34.8 Å².